The summed E-state index contributed by atoms with van der Waals surface area (Å²) < 4.78 is 1.78. The molecular weight excluding hydrogens is 220 g/mol. The number of nitrogens with zero attached hydrogens (tertiary/aromatic N) is 3. The molecule has 1 N–H and O–H groups in total. The van der Waals surface area contributed by atoms with Crippen LogP contribution in [-0.4, -0.2) is 14.7 Å². The van der Waals surface area contributed by atoms with Gasteiger partial charge in [-0.3, -0.25) is 14.8 Å². The van der Waals surface area contributed by atoms with E-state index in [0.29, 0.717) is 6.54 Å². The average molecular weight is 232 g/mol. The Bertz CT molecular complexity index is 519. The number of nitro benzene ring substituents is 1. The van der Waals surface area contributed by atoms with Gasteiger partial charge in [-0.05, 0) is 18.2 Å². The molecule has 0 aliphatic carbocycles. The summed E-state index contributed by atoms with van der Waals surface area (Å²) in [6.07, 6.45) is 1.73. The molecule has 0 radical (unpaired) electrons. The van der Waals surface area contributed by atoms with Crippen LogP contribution in [0.25, 0.3) is 0 Å². The minimum Gasteiger partial charge on any atom is -0.379 e. The summed E-state index contributed by atoms with van der Waals surface area (Å²) >= 11 is 0. The van der Waals surface area contributed by atoms with Crippen molar-refractivity contribution in [2.24, 2.45) is 7.05 Å². The first kappa shape index (κ1) is 11.1. The van der Waals surface area contributed by atoms with Gasteiger partial charge in [0, 0.05) is 31.1 Å². The normalized spacial score (nSPS) is 10.2. The van der Waals surface area contributed by atoms with Gasteiger partial charge in [0.2, 0.25) is 0 Å². The van der Waals surface area contributed by atoms with Gasteiger partial charge in [-0.25, -0.2) is 0 Å². The molecule has 6 heteroatoms. The lowest BCUT2D eigenvalue weighted by molar-refractivity contribution is -0.384. The van der Waals surface area contributed by atoms with Crippen molar-refractivity contribution in [2.75, 3.05) is 5.32 Å². The molecule has 1 heterocycles. The maximum Gasteiger partial charge on any atom is 0.269 e. The van der Waals surface area contributed by atoms with Crippen LogP contribution < -0.4 is 5.32 Å². The number of nitrogens with one attached hydrogen (secondary N) is 1. The molecule has 17 heavy (non-hydrogen) atoms. The maximum atomic E-state index is 10.5. The third-order valence-electron chi connectivity index (χ3n) is 2.47. The topological polar surface area (TPSA) is 73.0 Å². The number of hydrogen-bond donors (Lipinski definition) is 1. The first-order chi connectivity index (χ1) is 8.16. The summed E-state index contributed by atoms with van der Waals surface area (Å²) in [6.45, 7) is 0.633. The summed E-state index contributed by atoms with van der Waals surface area (Å²) in [4.78, 5) is 10.1. The zero-order chi connectivity index (χ0) is 12.3. The van der Waals surface area contributed by atoms with Crippen molar-refractivity contribution in [3.8, 4) is 0 Å². The second-order valence-corrected chi connectivity index (χ2v) is 3.60. The van der Waals surface area contributed by atoms with Crippen molar-refractivity contribution in [1.29, 1.82) is 0 Å². The first-order valence-electron chi connectivity index (χ1n) is 5.12. The van der Waals surface area contributed by atoms with Gasteiger partial charge >= 0.3 is 0 Å². The number of benzene rings is 1. The highest BCUT2D eigenvalue weighted by atomic mass is 16.6. The van der Waals surface area contributed by atoms with E-state index >= 15 is 0 Å². The van der Waals surface area contributed by atoms with Crippen molar-refractivity contribution in [1.82, 2.24) is 9.78 Å². The van der Waals surface area contributed by atoms with Crippen molar-refractivity contribution >= 4 is 11.4 Å². The predicted molar refractivity (Wildman–Crippen MR) is 63.6 cm³/mol. The lowest BCUT2D eigenvalue weighted by Gasteiger charge is -2.06. The fraction of sp³-hybridized carbons (Fsp3) is 0.182. The Kier molecular flexibility index (Phi) is 3.04. The summed E-state index contributed by atoms with van der Waals surface area (Å²) in [5.41, 5.74) is 1.98. The van der Waals surface area contributed by atoms with Crippen LogP contribution in [0, 0.1) is 10.1 Å². The van der Waals surface area contributed by atoms with E-state index in [-0.39, 0.29) is 5.69 Å². The molecule has 0 amide bonds. The Morgan fingerprint density at radius 2 is 2.06 bits per heavy atom. The van der Waals surface area contributed by atoms with E-state index in [1.807, 2.05) is 13.1 Å². The van der Waals surface area contributed by atoms with Gasteiger partial charge in [0.05, 0.1) is 17.2 Å². The Morgan fingerprint density at radius 3 is 2.59 bits per heavy atom. The molecule has 6 nitrogen and oxygen atoms in total. The van der Waals surface area contributed by atoms with Crippen LogP contribution in [0.5, 0.6) is 0 Å². The zero-order valence-electron chi connectivity index (χ0n) is 9.33. The van der Waals surface area contributed by atoms with Crippen LogP contribution in [0.2, 0.25) is 0 Å². The number of aromatic nitrogens is 2. The van der Waals surface area contributed by atoms with Gasteiger partial charge in [-0.2, -0.15) is 5.10 Å². The Morgan fingerprint density at radius 1 is 1.35 bits per heavy atom. The van der Waals surface area contributed by atoms with Crippen LogP contribution >= 0.6 is 0 Å². The lowest BCUT2D eigenvalue weighted by Crippen LogP contribution is -2.05. The van der Waals surface area contributed by atoms with Crippen LogP contribution in [0.1, 0.15) is 5.69 Å². The van der Waals surface area contributed by atoms with Crippen LogP contribution in [0.3, 0.4) is 0 Å². The van der Waals surface area contributed by atoms with E-state index in [1.165, 1.54) is 12.1 Å². The van der Waals surface area contributed by atoms with Crippen molar-refractivity contribution in [3.63, 3.8) is 0 Å². The minimum atomic E-state index is -0.412. The molecule has 0 atom stereocenters. The van der Waals surface area contributed by atoms with E-state index in [2.05, 4.69) is 10.4 Å². The van der Waals surface area contributed by atoms with Gasteiger partial charge in [0.25, 0.3) is 5.69 Å². The van der Waals surface area contributed by atoms with Gasteiger partial charge < -0.3 is 5.32 Å². The van der Waals surface area contributed by atoms with Crippen molar-refractivity contribution in [2.45, 2.75) is 6.54 Å². The summed E-state index contributed by atoms with van der Waals surface area (Å²) in [5, 5.41) is 17.7. The molecule has 0 spiro atoms. The number of anilines is 1. The molecule has 0 saturated heterocycles. The molecule has 1 aromatic heterocycles. The first-order valence-corrected chi connectivity index (χ1v) is 5.12. The molecule has 88 valence electrons. The molecule has 0 aliphatic heterocycles. The van der Waals surface area contributed by atoms with E-state index in [4.69, 9.17) is 0 Å². The molecule has 2 aromatic rings. The largest absolute Gasteiger partial charge is 0.379 e. The number of rotatable bonds is 4. The molecule has 0 bridgehead atoms. The number of aryl methyl sites for hydroxylation is 1. The van der Waals surface area contributed by atoms with Gasteiger partial charge in [0.15, 0.2) is 0 Å². The van der Waals surface area contributed by atoms with Gasteiger partial charge in [-0.1, -0.05) is 0 Å². The molecule has 0 fully saturated rings. The third kappa shape index (κ3) is 2.60. The van der Waals surface area contributed by atoms with E-state index in [1.54, 1.807) is 23.0 Å². The molecule has 0 saturated carbocycles. The molecule has 1 aromatic carbocycles. The zero-order valence-corrected chi connectivity index (χ0v) is 9.33. The minimum absolute atomic E-state index is 0.0936. The van der Waals surface area contributed by atoms with E-state index in [9.17, 15) is 10.1 Å². The highest BCUT2D eigenvalue weighted by molar-refractivity contribution is 5.48. The molecule has 0 aliphatic rings. The number of nitro groups is 1. The van der Waals surface area contributed by atoms with Crippen LogP contribution in [0.4, 0.5) is 11.4 Å². The quantitative estimate of drug-likeness (QED) is 0.645. The Labute approximate surface area is 98.0 Å². The van der Waals surface area contributed by atoms with Crippen molar-refractivity contribution in [3.05, 3.63) is 52.3 Å². The summed E-state index contributed by atoms with van der Waals surface area (Å²) in [5.74, 6) is 0. The lowest BCUT2D eigenvalue weighted by atomic mass is 10.3. The average Bonchev–Trinajstić information content (AvgIpc) is 2.73. The second-order valence-electron chi connectivity index (χ2n) is 3.60. The standard InChI is InChI=1S/C11H12N4O2/c1-14-11(6-7-13-14)8-12-9-2-4-10(5-3-9)15(16)17/h2-7,12H,8H2,1H3. The monoisotopic (exact) mass is 232 g/mol. The van der Waals surface area contributed by atoms with E-state index in [0.717, 1.165) is 11.4 Å². The fourth-order valence-corrected chi connectivity index (χ4v) is 1.47. The molecular formula is C11H12N4O2. The maximum absolute atomic E-state index is 10.5. The highest BCUT2D eigenvalue weighted by Crippen LogP contribution is 2.15. The van der Waals surface area contributed by atoms with Gasteiger partial charge in [-0.15, -0.1) is 0 Å². The SMILES string of the molecule is Cn1nccc1CNc1ccc([N+](=O)[O-])cc1. The van der Waals surface area contributed by atoms with E-state index < -0.39 is 4.92 Å². The van der Waals surface area contributed by atoms with Gasteiger partial charge in [0.1, 0.15) is 0 Å². The second kappa shape index (κ2) is 4.65. The Hall–Kier alpha value is -2.37. The molecule has 0 unspecified atom stereocenters. The van der Waals surface area contributed by atoms with Crippen LogP contribution in [-0.2, 0) is 13.6 Å². The smallest absolute Gasteiger partial charge is 0.269 e. The number of hydrogen-bond acceptors (Lipinski definition) is 4. The van der Waals surface area contributed by atoms with Crippen molar-refractivity contribution < 1.29 is 4.92 Å². The fourth-order valence-electron chi connectivity index (χ4n) is 1.47. The number of non-ortho nitro benzene ring substituents is 1. The summed E-state index contributed by atoms with van der Waals surface area (Å²) in [7, 11) is 1.87. The summed E-state index contributed by atoms with van der Waals surface area (Å²) in [6, 6.07) is 8.25. The van der Waals surface area contributed by atoms with Crippen LogP contribution in [0.15, 0.2) is 36.5 Å². The highest BCUT2D eigenvalue weighted by Gasteiger charge is 2.04. The molecule has 2 rings (SSSR count). The predicted octanol–water partition coefficient (Wildman–Crippen LogP) is 1.94. The third-order valence-corrected chi connectivity index (χ3v) is 2.47. The Balaban J connectivity index is 2.00.